The van der Waals surface area contributed by atoms with Crippen LogP contribution in [-0.2, 0) is 11.2 Å². The van der Waals surface area contributed by atoms with Crippen LogP contribution in [0.5, 0.6) is 11.5 Å². The fourth-order valence-electron chi connectivity index (χ4n) is 2.64. The standard InChI is InChI=1S/C20H20FN3O4/c1-26-16-10-9-13(11-17(16)27-2)20-23-19(28-24-20)8-4-7-18(25)22-15-6-3-5-14(21)12-15/h3,5-6,9-12H,4,7-8H2,1-2H3,(H,22,25). The van der Waals surface area contributed by atoms with Gasteiger partial charge in [0.05, 0.1) is 14.2 Å². The van der Waals surface area contributed by atoms with Gasteiger partial charge in [-0.2, -0.15) is 4.98 Å². The quantitative estimate of drug-likeness (QED) is 0.634. The van der Waals surface area contributed by atoms with Gasteiger partial charge in [-0.25, -0.2) is 4.39 Å². The third-order valence-corrected chi connectivity index (χ3v) is 4.01. The number of halogens is 1. The number of amides is 1. The van der Waals surface area contributed by atoms with E-state index in [0.29, 0.717) is 41.7 Å². The molecule has 1 heterocycles. The molecule has 2 aromatic carbocycles. The van der Waals surface area contributed by atoms with Crippen LogP contribution in [0, 0.1) is 5.82 Å². The van der Waals surface area contributed by atoms with Crippen LogP contribution in [0.25, 0.3) is 11.4 Å². The highest BCUT2D eigenvalue weighted by Crippen LogP contribution is 2.31. The number of carbonyl (C=O) groups is 1. The number of hydrogen-bond acceptors (Lipinski definition) is 6. The summed E-state index contributed by atoms with van der Waals surface area (Å²) in [5.74, 6) is 1.44. The minimum absolute atomic E-state index is 0.203. The van der Waals surface area contributed by atoms with E-state index in [9.17, 15) is 9.18 Å². The summed E-state index contributed by atoms with van der Waals surface area (Å²) in [4.78, 5) is 16.3. The molecule has 8 heteroatoms. The topological polar surface area (TPSA) is 86.5 Å². The zero-order valence-corrected chi connectivity index (χ0v) is 15.6. The summed E-state index contributed by atoms with van der Waals surface area (Å²) in [6, 6.07) is 11.1. The molecule has 3 aromatic rings. The zero-order valence-electron chi connectivity index (χ0n) is 15.6. The van der Waals surface area contributed by atoms with E-state index in [0.717, 1.165) is 5.56 Å². The van der Waals surface area contributed by atoms with Gasteiger partial charge in [-0.3, -0.25) is 4.79 Å². The van der Waals surface area contributed by atoms with E-state index in [2.05, 4.69) is 15.5 Å². The molecule has 1 aromatic heterocycles. The van der Waals surface area contributed by atoms with Crippen molar-refractivity contribution in [2.24, 2.45) is 0 Å². The number of rotatable bonds is 8. The van der Waals surface area contributed by atoms with Crippen LogP contribution < -0.4 is 14.8 Å². The smallest absolute Gasteiger partial charge is 0.226 e. The first-order chi connectivity index (χ1) is 13.6. The molecule has 1 amide bonds. The Hall–Kier alpha value is -3.42. The molecule has 0 unspecified atom stereocenters. The van der Waals surface area contributed by atoms with E-state index in [4.69, 9.17) is 14.0 Å². The highest BCUT2D eigenvalue weighted by atomic mass is 19.1. The number of hydrogen-bond donors (Lipinski definition) is 1. The fraction of sp³-hybridized carbons (Fsp3) is 0.250. The van der Waals surface area contributed by atoms with Gasteiger partial charge in [0.1, 0.15) is 5.82 Å². The lowest BCUT2D eigenvalue weighted by Gasteiger charge is -2.07. The molecule has 7 nitrogen and oxygen atoms in total. The number of aromatic nitrogens is 2. The number of nitrogens with zero attached hydrogens (tertiary/aromatic N) is 2. The maximum Gasteiger partial charge on any atom is 0.226 e. The van der Waals surface area contributed by atoms with E-state index in [-0.39, 0.29) is 12.3 Å². The number of carbonyl (C=O) groups excluding carboxylic acids is 1. The highest BCUT2D eigenvalue weighted by Gasteiger charge is 2.12. The second-order valence-corrected chi connectivity index (χ2v) is 5.99. The molecule has 0 aliphatic rings. The van der Waals surface area contributed by atoms with Crippen molar-refractivity contribution < 1.29 is 23.2 Å². The summed E-state index contributed by atoms with van der Waals surface area (Å²) < 4.78 is 28.9. The van der Waals surface area contributed by atoms with Gasteiger partial charge in [0.15, 0.2) is 11.5 Å². The fourth-order valence-corrected chi connectivity index (χ4v) is 2.64. The Labute approximate surface area is 161 Å². The Bertz CT molecular complexity index is 958. The van der Waals surface area contributed by atoms with Crippen molar-refractivity contribution in [3.8, 4) is 22.9 Å². The molecule has 0 bridgehead atoms. The minimum Gasteiger partial charge on any atom is -0.493 e. The number of ether oxygens (including phenoxy) is 2. The summed E-state index contributed by atoms with van der Waals surface area (Å²) in [6.07, 6.45) is 1.23. The molecule has 0 saturated carbocycles. The number of aryl methyl sites for hydroxylation is 1. The number of benzene rings is 2. The summed E-state index contributed by atoms with van der Waals surface area (Å²) in [5, 5.41) is 6.62. The van der Waals surface area contributed by atoms with Crippen LogP contribution in [0.3, 0.4) is 0 Å². The van der Waals surface area contributed by atoms with E-state index in [1.807, 2.05) is 6.07 Å². The van der Waals surface area contributed by atoms with E-state index < -0.39 is 5.82 Å². The number of nitrogens with one attached hydrogen (secondary N) is 1. The molecule has 3 rings (SSSR count). The average molecular weight is 385 g/mol. The minimum atomic E-state index is -0.397. The van der Waals surface area contributed by atoms with E-state index in [1.165, 1.54) is 12.1 Å². The molecule has 146 valence electrons. The lowest BCUT2D eigenvalue weighted by molar-refractivity contribution is -0.116. The first kappa shape index (κ1) is 19.3. The summed E-state index contributed by atoms with van der Waals surface area (Å²) in [7, 11) is 3.12. The molecule has 28 heavy (non-hydrogen) atoms. The van der Waals surface area contributed by atoms with Crippen LogP contribution in [0.15, 0.2) is 47.0 Å². The third kappa shape index (κ3) is 4.85. The van der Waals surface area contributed by atoms with Crippen molar-refractivity contribution in [3.05, 3.63) is 54.2 Å². The predicted molar refractivity (Wildman–Crippen MR) is 101 cm³/mol. The van der Waals surface area contributed by atoms with Crippen molar-refractivity contribution in [2.45, 2.75) is 19.3 Å². The highest BCUT2D eigenvalue weighted by molar-refractivity contribution is 5.90. The largest absolute Gasteiger partial charge is 0.493 e. The number of anilines is 1. The SMILES string of the molecule is COc1ccc(-c2noc(CCCC(=O)Nc3cccc(F)c3)n2)cc1OC. The molecular formula is C20H20FN3O4. The van der Waals surface area contributed by atoms with Gasteiger partial charge in [-0.05, 0) is 42.8 Å². The van der Waals surface area contributed by atoms with Gasteiger partial charge in [0.2, 0.25) is 17.6 Å². The molecule has 0 atom stereocenters. The molecule has 0 spiro atoms. The van der Waals surface area contributed by atoms with Gasteiger partial charge >= 0.3 is 0 Å². The zero-order chi connectivity index (χ0) is 19.9. The number of methoxy groups -OCH3 is 2. The van der Waals surface area contributed by atoms with E-state index in [1.54, 1.807) is 38.5 Å². The Morgan fingerprint density at radius 3 is 2.71 bits per heavy atom. The van der Waals surface area contributed by atoms with Gasteiger partial charge in [0, 0.05) is 24.1 Å². The van der Waals surface area contributed by atoms with Crippen molar-refractivity contribution in [2.75, 3.05) is 19.5 Å². The van der Waals surface area contributed by atoms with Crippen molar-refractivity contribution in [3.63, 3.8) is 0 Å². The Kier molecular flexibility index (Phi) is 6.21. The average Bonchev–Trinajstić information content (AvgIpc) is 3.16. The molecule has 0 fully saturated rings. The lowest BCUT2D eigenvalue weighted by atomic mass is 10.2. The summed E-state index contributed by atoms with van der Waals surface area (Å²) in [5.41, 5.74) is 1.16. The van der Waals surface area contributed by atoms with Crippen LogP contribution in [0.2, 0.25) is 0 Å². The maximum atomic E-state index is 13.1. The maximum absolute atomic E-state index is 13.1. The van der Waals surface area contributed by atoms with Crippen molar-refractivity contribution in [1.82, 2.24) is 10.1 Å². The summed E-state index contributed by atoms with van der Waals surface area (Å²) >= 11 is 0. The van der Waals surface area contributed by atoms with Gasteiger partial charge in [-0.1, -0.05) is 11.2 Å². The second kappa shape index (κ2) is 8.98. The van der Waals surface area contributed by atoms with Crippen LogP contribution in [-0.4, -0.2) is 30.3 Å². The molecule has 0 radical (unpaired) electrons. The lowest BCUT2D eigenvalue weighted by Crippen LogP contribution is -2.11. The van der Waals surface area contributed by atoms with Gasteiger partial charge < -0.3 is 19.3 Å². The normalized spacial score (nSPS) is 10.5. The first-order valence-corrected chi connectivity index (χ1v) is 8.69. The van der Waals surface area contributed by atoms with Crippen molar-refractivity contribution >= 4 is 11.6 Å². The van der Waals surface area contributed by atoms with Crippen LogP contribution in [0.4, 0.5) is 10.1 Å². The monoisotopic (exact) mass is 385 g/mol. The molecule has 0 saturated heterocycles. The van der Waals surface area contributed by atoms with Crippen LogP contribution >= 0.6 is 0 Å². The van der Waals surface area contributed by atoms with E-state index >= 15 is 0 Å². The first-order valence-electron chi connectivity index (χ1n) is 8.69. The molecule has 1 N–H and O–H groups in total. The van der Waals surface area contributed by atoms with Crippen molar-refractivity contribution in [1.29, 1.82) is 0 Å². The molecule has 0 aliphatic heterocycles. The van der Waals surface area contributed by atoms with Crippen LogP contribution in [0.1, 0.15) is 18.7 Å². The predicted octanol–water partition coefficient (Wildman–Crippen LogP) is 3.85. The third-order valence-electron chi connectivity index (χ3n) is 4.01. The molecular weight excluding hydrogens is 365 g/mol. The molecule has 0 aliphatic carbocycles. The Morgan fingerprint density at radius 1 is 1.14 bits per heavy atom. The van der Waals surface area contributed by atoms with Gasteiger partial charge in [-0.15, -0.1) is 0 Å². The summed E-state index contributed by atoms with van der Waals surface area (Å²) in [6.45, 7) is 0. The van der Waals surface area contributed by atoms with Gasteiger partial charge in [0.25, 0.3) is 0 Å². The second-order valence-electron chi connectivity index (χ2n) is 5.99. The Morgan fingerprint density at radius 2 is 1.96 bits per heavy atom. The Balaban J connectivity index is 1.54.